The van der Waals surface area contributed by atoms with E-state index in [9.17, 15) is 4.79 Å². The number of hydrazone groups is 1. The second-order valence-electron chi connectivity index (χ2n) is 4.48. The van der Waals surface area contributed by atoms with Gasteiger partial charge in [-0.25, -0.2) is 10.4 Å². The van der Waals surface area contributed by atoms with E-state index in [1.54, 1.807) is 13.3 Å². The number of hydrogen-bond donors (Lipinski definition) is 2. The summed E-state index contributed by atoms with van der Waals surface area (Å²) in [5, 5.41) is 4.07. The number of nitrogens with one attached hydrogen (secondary N) is 2. The first-order chi connectivity index (χ1) is 10.2. The molecule has 0 fully saturated rings. The Hall–Kier alpha value is -2.63. The van der Waals surface area contributed by atoms with Crippen molar-refractivity contribution < 1.29 is 4.74 Å². The van der Waals surface area contributed by atoms with Gasteiger partial charge in [-0.15, -0.1) is 0 Å². The van der Waals surface area contributed by atoms with Crippen LogP contribution in [0.4, 0.5) is 5.95 Å². The molecule has 0 radical (unpaired) electrons. The average Bonchev–Trinajstić information content (AvgIpc) is 2.47. The maximum atomic E-state index is 11.5. The fourth-order valence-electron chi connectivity index (χ4n) is 1.83. The van der Waals surface area contributed by atoms with Crippen LogP contribution in [0.1, 0.15) is 24.6 Å². The van der Waals surface area contributed by atoms with E-state index in [2.05, 4.69) is 20.5 Å². The number of aryl methyl sites for hydroxylation is 1. The van der Waals surface area contributed by atoms with Crippen molar-refractivity contribution in [1.82, 2.24) is 9.97 Å². The number of aromatic nitrogens is 2. The molecule has 0 aliphatic carbocycles. The highest BCUT2D eigenvalue weighted by molar-refractivity contribution is 5.80. The van der Waals surface area contributed by atoms with E-state index in [4.69, 9.17) is 4.74 Å². The lowest BCUT2D eigenvalue weighted by Crippen LogP contribution is -2.11. The van der Waals surface area contributed by atoms with Crippen molar-refractivity contribution >= 4 is 12.2 Å². The molecule has 0 atom stereocenters. The Kier molecular flexibility index (Phi) is 5.09. The number of rotatable bonds is 6. The molecule has 21 heavy (non-hydrogen) atoms. The summed E-state index contributed by atoms with van der Waals surface area (Å²) in [6, 6.07) is 8.99. The van der Waals surface area contributed by atoms with Crippen molar-refractivity contribution in [3.63, 3.8) is 0 Å². The zero-order valence-electron chi connectivity index (χ0n) is 12.1. The number of aromatic amines is 1. The van der Waals surface area contributed by atoms with E-state index >= 15 is 0 Å². The van der Waals surface area contributed by atoms with Crippen molar-refractivity contribution in [2.45, 2.75) is 19.8 Å². The van der Waals surface area contributed by atoms with Gasteiger partial charge in [0.1, 0.15) is 5.75 Å². The number of hydrogen-bond acceptors (Lipinski definition) is 5. The molecule has 0 spiro atoms. The monoisotopic (exact) mass is 286 g/mol. The molecule has 1 heterocycles. The topological polar surface area (TPSA) is 79.4 Å². The lowest BCUT2D eigenvalue weighted by atomic mass is 10.2. The number of H-pyrrole nitrogens is 1. The summed E-state index contributed by atoms with van der Waals surface area (Å²) in [6.45, 7) is 2.04. The van der Waals surface area contributed by atoms with Crippen molar-refractivity contribution in [1.29, 1.82) is 0 Å². The Morgan fingerprint density at radius 3 is 3.05 bits per heavy atom. The smallest absolute Gasteiger partial charge is 0.252 e. The summed E-state index contributed by atoms with van der Waals surface area (Å²) in [5.74, 6) is 1.10. The molecular formula is C15H18N4O2. The average molecular weight is 286 g/mol. The highest BCUT2D eigenvalue weighted by Crippen LogP contribution is 2.10. The Balaban J connectivity index is 2.08. The quantitative estimate of drug-likeness (QED) is 0.630. The Morgan fingerprint density at radius 1 is 1.43 bits per heavy atom. The molecule has 2 N–H and O–H groups in total. The molecule has 2 rings (SSSR count). The summed E-state index contributed by atoms with van der Waals surface area (Å²) in [6.07, 6.45) is 3.33. The fourth-order valence-corrected chi connectivity index (χ4v) is 1.83. The molecule has 0 unspecified atom stereocenters. The number of ether oxygens (including phenoxy) is 1. The van der Waals surface area contributed by atoms with Crippen LogP contribution < -0.4 is 15.7 Å². The van der Waals surface area contributed by atoms with E-state index in [0.29, 0.717) is 5.95 Å². The standard InChI is InChI=1S/C15H18N4O2/c1-3-5-12-9-14(20)18-15(17-12)19-16-10-11-6-4-7-13(8-11)21-2/h4,6-10H,3,5H2,1-2H3,(H2,17,18,19,20)/b16-10+. The molecule has 0 amide bonds. The van der Waals surface area contributed by atoms with Crippen LogP contribution in [0, 0.1) is 0 Å². The predicted octanol–water partition coefficient (Wildman–Crippen LogP) is 2.18. The van der Waals surface area contributed by atoms with Gasteiger partial charge in [0.25, 0.3) is 5.56 Å². The van der Waals surface area contributed by atoms with Crippen molar-refractivity contribution in [3.8, 4) is 5.75 Å². The molecule has 0 bridgehead atoms. The highest BCUT2D eigenvalue weighted by Gasteiger charge is 1.99. The van der Waals surface area contributed by atoms with Gasteiger partial charge < -0.3 is 4.74 Å². The molecular weight excluding hydrogens is 268 g/mol. The first kappa shape index (κ1) is 14.8. The first-order valence-electron chi connectivity index (χ1n) is 6.74. The number of benzene rings is 1. The van der Waals surface area contributed by atoms with Crippen molar-refractivity contribution in [3.05, 3.63) is 51.9 Å². The third kappa shape index (κ3) is 4.45. The minimum Gasteiger partial charge on any atom is -0.497 e. The van der Waals surface area contributed by atoms with Crippen LogP contribution in [0.3, 0.4) is 0 Å². The summed E-state index contributed by atoms with van der Waals surface area (Å²) in [4.78, 5) is 18.4. The molecule has 2 aromatic rings. The van der Waals surface area contributed by atoms with E-state index < -0.39 is 0 Å². The van der Waals surface area contributed by atoms with Gasteiger partial charge in [0, 0.05) is 11.8 Å². The van der Waals surface area contributed by atoms with Gasteiger partial charge in [0.2, 0.25) is 5.95 Å². The molecule has 1 aromatic heterocycles. The minimum atomic E-state index is -0.187. The van der Waals surface area contributed by atoms with E-state index in [0.717, 1.165) is 29.8 Å². The summed E-state index contributed by atoms with van der Waals surface area (Å²) in [5.41, 5.74) is 4.18. The second kappa shape index (κ2) is 7.23. The van der Waals surface area contributed by atoms with Gasteiger partial charge in [-0.3, -0.25) is 9.78 Å². The Morgan fingerprint density at radius 2 is 2.29 bits per heavy atom. The first-order valence-corrected chi connectivity index (χ1v) is 6.74. The third-order valence-corrected chi connectivity index (χ3v) is 2.78. The lowest BCUT2D eigenvalue weighted by Gasteiger charge is -2.02. The summed E-state index contributed by atoms with van der Waals surface area (Å²) < 4.78 is 5.14. The van der Waals surface area contributed by atoms with Crippen LogP contribution in [0.15, 0.2) is 40.2 Å². The van der Waals surface area contributed by atoms with Crippen LogP contribution in [-0.4, -0.2) is 23.3 Å². The molecule has 6 heteroatoms. The zero-order valence-corrected chi connectivity index (χ0v) is 12.1. The normalized spacial score (nSPS) is 10.8. The molecule has 0 aliphatic rings. The number of nitrogens with zero attached hydrogens (tertiary/aromatic N) is 2. The fraction of sp³-hybridized carbons (Fsp3) is 0.267. The summed E-state index contributed by atoms with van der Waals surface area (Å²) >= 11 is 0. The van der Waals surface area contributed by atoms with Gasteiger partial charge in [0.05, 0.1) is 13.3 Å². The molecule has 0 saturated heterocycles. The van der Waals surface area contributed by atoms with Crippen LogP contribution in [0.25, 0.3) is 0 Å². The molecule has 1 aromatic carbocycles. The van der Waals surface area contributed by atoms with Gasteiger partial charge in [-0.2, -0.15) is 5.10 Å². The molecule has 0 aliphatic heterocycles. The van der Waals surface area contributed by atoms with Crippen molar-refractivity contribution in [2.75, 3.05) is 12.5 Å². The maximum absolute atomic E-state index is 11.5. The van der Waals surface area contributed by atoms with Crippen LogP contribution >= 0.6 is 0 Å². The van der Waals surface area contributed by atoms with Gasteiger partial charge in [-0.05, 0) is 24.1 Å². The van der Waals surface area contributed by atoms with Crippen LogP contribution in [0.2, 0.25) is 0 Å². The predicted molar refractivity (Wildman–Crippen MR) is 83.1 cm³/mol. The van der Waals surface area contributed by atoms with E-state index in [1.807, 2.05) is 31.2 Å². The zero-order chi connectivity index (χ0) is 15.1. The second-order valence-corrected chi connectivity index (χ2v) is 4.48. The van der Waals surface area contributed by atoms with Crippen LogP contribution in [-0.2, 0) is 6.42 Å². The largest absolute Gasteiger partial charge is 0.497 e. The third-order valence-electron chi connectivity index (χ3n) is 2.78. The van der Waals surface area contributed by atoms with Crippen LogP contribution in [0.5, 0.6) is 5.75 Å². The van der Waals surface area contributed by atoms with E-state index in [1.165, 1.54) is 6.07 Å². The van der Waals surface area contributed by atoms with Gasteiger partial charge in [0.15, 0.2) is 0 Å². The highest BCUT2D eigenvalue weighted by atomic mass is 16.5. The number of methoxy groups -OCH3 is 1. The Bertz CT molecular complexity index is 679. The SMILES string of the molecule is CCCc1cc(=O)[nH]c(N/N=C/c2cccc(OC)c2)n1. The van der Waals surface area contributed by atoms with Gasteiger partial charge >= 0.3 is 0 Å². The van der Waals surface area contributed by atoms with E-state index in [-0.39, 0.29) is 5.56 Å². The summed E-state index contributed by atoms with van der Waals surface area (Å²) in [7, 11) is 1.61. The maximum Gasteiger partial charge on any atom is 0.252 e. The van der Waals surface area contributed by atoms with Gasteiger partial charge in [-0.1, -0.05) is 25.5 Å². The molecule has 110 valence electrons. The Labute approximate surface area is 122 Å². The lowest BCUT2D eigenvalue weighted by molar-refractivity contribution is 0.415. The molecule has 6 nitrogen and oxygen atoms in total. The minimum absolute atomic E-state index is 0.187. The number of anilines is 1. The van der Waals surface area contributed by atoms with Crippen molar-refractivity contribution in [2.24, 2.45) is 5.10 Å². The molecule has 0 saturated carbocycles.